The molecular weight excluding hydrogens is 317 g/mol. The summed E-state index contributed by atoms with van der Waals surface area (Å²) in [5.41, 5.74) is 1.70. The summed E-state index contributed by atoms with van der Waals surface area (Å²) in [5, 5.41) is 21.5. The minimum absolute atomic E-state index is 0.0596. The SMILES string of the molecule is CNc1cnnc(-c2cc3ccc(OCC(O)CF)cc3s2)c1. The van der Waals surface area contributed by atoms with Gasteiger partial charge in [-0.25, -0.2) is 4.39 Å². The molecule has 3 rings (SSSR count). The first-order valence-corrected chi connectivity index (χ1v) is 7.92. The van der Waals surface area contributed by atoms with Crippen molar-refractivity contribution in [1.29, 1.82) is 0 Å². The Hall–Kier alpha value is -2.25. The molecule has 0 aliphatic carbocycles. The molecule has 0 fully saturated rings. The average molecular weight is 333 g/mol. The molecule has 3 aromatic rings. The number of nitrogens with one attached hydrogen (secondary N) is 1. The van der Waals surface area contributed by atoms with Crippen LogP contribution < -0.4 is 10.1 Å². The molecule has 7 heteroatoms. The van der Waals surface area contributed by atoms with Gasteiger partial charge in [0.2, 0.25) is 0 Å². The summed E-state index contributed by atoms with van der Waals surface area (Å²) in [4.78, 5) is 1.01. The van der Waals surface area contributed by atoms with E-state index in [0.717, 1.165) is 26.3 Å². The predicted molar refractivity (Wildman–Crippen MR) is 89.9 cm³/mol. The van der Waals surface area contributed by atoms with Crippen molar-refractivity contribution >= 4 is 27.1 Å². The Morgan fingerprint density at radius 2 is 2.22 bits per heavy atom. The molecule has 1 atom stereocenters. The van der Waals surface area contributed by atoms with Crippen LogP contribution in [-0.4, -0.2) is 41.7 Å². The number of benzene rings is 1. The van der Waals surface area contributed by atoms with Crippen LogP contribution in [0, 0.1) is 0 Å². The fourth-order valence-electron chi connectivity index (χ4n) is 2.09. The van der Waals surface area contributed by atoms with E-state index in [0.29, 0.717) is 5.75 Å². The number of hydrogen-bond acceptors (Lipinski definition) is 6. The first-order valence-electron chi connectivity index (χ1n) is 7.11. The van der Waals surface area contributed by atoms with E-state index < -0.39 is 12.8 Å². The predicted octanol–water partition coefficient (Wildman–Crippen LogP) is 3.11. The van der Waals surface area contributed by atoms with E-state index in [-0.39, 0.29) is 6.61 Å². The lowest BCUT2D eigenvalue weighted by molar-refractivity contribution is 0.0842. The van der Waals surface area contributed by atoms with Crippen molar-refractivity contribution in [3.8, 4) is 16.3 Å². The summed E-state index contributed by atoms with van der Waals surface area (Å²) in [5.74, 6) is 0.605. The molecule has 2 aromatic heterocycles. The molecule has 0 aliphatic rings. The smallest absolute Gasteiger partial charge is 0.120 e. The van der Waals surface area contributed by atoms with Crippen molar-refractivity contribution in [2.75, 3.05) is 25.6 Å². The van der Waals surface area contributed by atoms with Crippen LogP contribution >= 0.6 is 11.3 Å². The zero-order valence-electron chi connectivity index (χ0n) is 12.5. The number of anilines is 1. The number of thiophene rings is 1. The van der Waals surface area contributed by atoms with Crippen molar-refractivity contribution in [3.05, 3.63) is 36.5 Å². The highest BCUT2D eigenvalue weighted by Gasteiger charge is 2.09. The third kappa shape index (κ3) is 3.57. The van der Waals surface area contributed by atoms with E-state index >= 15 is 0 Å². The van der Waals surface area contributed by atoms with Crippen LogP contribution in [0.15, 0.2) is 36.5 Å². The third-order valence-corrected chi connectivity index (χ3v) is 4.43. The molecule has 120 valence electrons. The summed E-state index contributed by atoms with van der Waals surface area (Å²) in [7, 11) is 1.83. The molecule has 0 amide bonds. The number of rotatable bonds is 6. The van der Waals surface area contributed by atoms with Gasteiger partial charge in [-0.1, -0.05) is 0 Å². The highest BCUT2D eigenvalue weighted by Crippen LogP contribution is 2.35. The second kappa shape index (κ2) is 6.89. The van der Waals surface area contributed by atoms with Crippen molar-refractivity contribution in [1.82, 2.24) is 10.2 Å². The van der Waals surface area contributed by atoms with E-state index in [1.807, 2.05) is 31.3 Å². The summed E-state index contributed by atoms with van der Waals surface area (Å²) >= 11 is 1.58. The van der Waals surface area contributed by atoms with E-state index in [1.54, 1.807) is 23.6 Å². The number of aliphatic hydroxyl groups is 1. The maximum Gasteiger partial charge on any atom is 0.120 e. The molecule has 2 N–H and O–H groups in total. The Bertz CT molecular complexity index is 809. The fourth-order valence-corrected chi connectivity index (χ4v) is 3.14. The molecule has 0 saturated heterocycles. The topological polar surface area (TPSA) is 67.3 Å². The van der Waals surface area contributed by atoms with Gasteiger partial charge in [0.05, 0.1) is 16.8 Å². The minimum Gasteiger partial charge on any atom is -0.491 e. The Kier molecular flexibility index (Phi) is 4.68. The third-order valence-electron chi connectivity index (χ3n) is 3.31. The number of hydrogen-bond donors (Lipinski definition) is 2. The second-order valence-electron chi connectivity index (χ2n) is 5.01. The number of halogens is 1. The van der Waals surface area contributed by atoms with Crippen molar-refractivity contribution < 1.29 is 14.2 Å². The van der Waals surface area contributed by atoms with Gasteiger partial charge in [-0.2, -0.15) is 5.10 Å². The van der Waals surface area contributed by atoms with Crippen molar-refractivity contribution in [2.24, 2.45) is 0 Å². The molecule has 0 saturated carbocycles. The Morgan fingerprint density at radius 1 is 1.35 bits per heavy atom. The molecule has 23 heavy (non-hydrogen) atoms. The van der Waals surface area contributed by atoms with Gasteiger partial charge < -0.3 is 15.2 Å². The molecule has 0 aliphatic heterocycles. The Morgan fingerprint density at radius 3 is 3.00 bits per heavy atom. The first kappa shape index (κ1) is 15.6. The first-order chi connectivity index (χ1) is 11.2. The number of fused-ring (bicyclic) bond motifs is 1. The van der Waals surface area contributed by atoms with Crippen LogP contribution in [0.1, 0.15) is 0 Å². The number of nitrogens with zero attached hydrogens (tertiary/aromatic N) is 2. The zero-order valence-corrected chi connectivity index (χ0v) is 13.3. The number of aromatic nitrogens is 2. The summed E-state index contributed by atoms with van der Waals surface area (Å²) in [6.45, 7) is -0.873. The van der Waals surface area contributed by atoms with Gasteiger partial charge in [0.1, 0.15) is 30.8 Å². The molecular formula is C16H16FN3O2S. The highest BCUT2D eigenvalue weighted by molar-refractivity contribution is 7.22. The fraction of sp³-hybridized carbons (Fsp3) is 0.250. The lowest BCUT2D eigenvalue weighted by atomic mass is 10.2. The normalized spacial score (nSPS) is 12.3. The molecule has 0 bridgehead atoms. The summed E-state index contributed by atoms with van der Waals surface area (Å²) < 4.78 is 18.7. The van der Waals surface area contributed by atoms with Gasteiger partial charge in [0.25, 0.3) is 0 Å². The average Bonchev–Trinajstić information content (AvgIpc) is 3.03. The quantitative estimate of drug-likeness (QED) is 0.725. The van der Waals surface area contributed by atoms with Gasteiger partial charge in [-0.3, -0.25) is 0 Å². The Labute approximate surface area is 136 Å². The second-order valence-corrected chi connectivity index (χ2v) is 6.09. The lowest BCUT2D eigenvalue weighted by Gasteiger charge is -2.08. The van der Waals surface area contributed by atoms with Crippen LogP contribution in [0.2, 0.25) is 0 Å². The summed E-state index contributed by atoms with van der Waals surface area (Å²) in [6.07, 6.45) is 0.572. The minimum atomic E-state index is -1.09. The van der Waals surface area contributed by atoms with E-state index in [2.05, 4.69) is 15.5 Å². The van der Waals surface area contributed by atoms with Crippen molar-refractivity contribution in [3.63, 3.8) is 0 Å². The number of alkyl halides is 1. The lowest BCUT2D eigenvalue weighted by Crippen LogP contribution is -2.19. The van der Waals surface area contributed by atoms with Crippen LogP contribution in [0.4, 0.5) is 10.1 Å². The van der Waals surface area contributed by atoms with Gasteiger partial charge in [-0.15, -0.1) is 16.4 Å². The van der Waals surface area contributed by atoms with Gasteiger partial charge in [0, 0.05) is 11.7 Å². The Balaban J connectivity index is 1.86. The highest BCUT2D eigenvalue weighted by atomic mass is 32.1. The number of ether oxygens (including phenoxy) is 1. The molecule has 5 nitrogen and oxygen atoms in total. The maximum atomic E-state index is 12.2. The van der Waals surface area contributed by atoms with Gasteiger partial charge in [-0.05, 0) is 35.7 Å². The monoisotopic (exact) mass is 333 g/mol. The molecule has 0 spiro atoms. The van der Waals surface area contributed by atoms with Gasteiger partial charge in [0.15, 0.2) is 0 Å². The van der Waals surface area contributed by atoms with Crippen molar-refractivity contribution in [2.45, 2.75) is 6.10 Å². The van der Waals surface area contributed by atoms with Crippen LogP contribution in [-0.2, 0) is 0 Å². The van der Waals surface area contributed by atoms with Crippen LogP contribution in [0.3, 0.4) is 0 Å². The largest absolute Gasteiger partial charge is 0.491 e. The summed E-state index contributed by atoms with van der Waals surface area (Å²) in [6, 6.07) is 9.60. The van der Waals surface area contributed by atoms with Crippen LogP contribution in [0.5, 0.6) is 5.75 Å². The molecule has 2 heterocycles. The van der Waals surface area contributed by atoms with E-state index in [9.17, 15) is 9.50 Å². The van der Waals surface area contributed by atoms with E-state index in [4.69, 9.17) is 4.74 Å². The van der Waals surface area contributed by atoms with Gasteiger partial charge >= 0.3 is 0 Å². The molecule has 1 aromatic carbocycles. The maximum absolute atomic E-state index is 12.2. The molecule has 0 radical (unpaired) electrons. The van der Waals surface area contributed by atoms with Crippen LogP contribution in [0.25, 0.3) is 20.7 Å². The van der Waals surface area contributed by atoms with E-state index in [1.165, 1.54) is 0 Å². The standard InChI is InChI=1S/C16H16FN3O2S/c1-18-11-5-14(20-19-8-11)16-4-10-2-3-13(6-15(10)23-16)22-9-12(21)7-17/h2-6,8,12,21H,7,9H2,1H3,(H,18,20). The molecule has 1 unspecified atom stereocenters. The zero-order chi connectivity index (χ0) is 16.2. The number of aliphatic hydroxyl groups excluding tert-OH is 1.